The molecule has 1 heterocycles. The van der Waals surface area contributed by atoms with Crippen LogP contribution in [0.2, 0.25) is 0 Å². The van der Waals surface area contributed by atoms with Gasteiger partial charge in [0.2, 0.25) is 0 Å². The minimum atomic E-state index is 0.0477. The number of likely N-dealkylation sites (tertiary alicyclic amines) is 1. The van der Waals surface area contributed by atoms with E-state index in [1.807, 2.05) is 71.6 Å². The van der Waals surface area contributed by atoms with E-state index >= 15 is 0 Å². The van der Waals surface area contributed by atoms with E-state index in [-0.39, 0.29) is 11.9 Å². The summed E-state index contributed by atoms with van der Waals surface area (Å²) in [6, 6.07) is 30.9. The molecule has 3 nitrogen and oxygen atoms in total. The van der Waals surface area contributed by atoms with Crippen molar-refractivity contribution in [2.45, 2.75) is 25.4 Å². The zero-order valence-electron chi connectivity index (χ0n) is 17.2. The quantitative estimate of drug-likeness (QED) is 0.521. The lowest BCUT2D eigenvalue weighted by Gasteiger charge is -2.38. The van der Waals surface area contributed by atoms with Gasteiger partial charge in [-0.25, -0.2) is 0 Å². The number of rotatable bonds is 6. The first-order valence-electron chi connectivity index (χ1n) is 10.7. The molecule has 0 aliphatic carbocycles. The SMILES string of the molecule is O=C(/C=C/c1ccccc1)N(c1ccccc1)C1CCN(Cc2ccccc2)CC1. The first-order valence-corrected chi connectivity index (χ1v) is 10.7. The summed E-state index contributed by atoms with van der Waals surface area (Å²) in [5.41, 5.74) is 3.36. The number of carbonyl (C=O) groups is 1. The Balaban J connectivity index is 1.46. The molecule has 3 aromatic rings. The van der Waals surface area contributed by atoms with E-state index in [2.05, 4.69) is 35.2 Å². The molecule has 4 rings (SSSR count). The maximum atomic E-state index is 13.2. The molecule has 0 saturated carbocycles. The highest BCUT2D eigenvalue weighted by Gasteiger charge is 2.28. The van der Waals surface area contributed by atoms with Gasteiger partial charge in [0.05, 0.1) is 0 Å². The van der Waals surface area contributed by atoms with Gasteiger partial charge in [-0.2, -0.15) is 0 Å². The predicted octanol–water partition coefficient (Wildman–Crippen LogP) is 5.40. The van der Waals surface area contributed by atoms with Gasteiger partial charge in [-0.15, -0.1) is 0 Å². The van der Waals surface area contributed by atoms with Gasteiger partial charge in [-0.1, -0.05) is 78.9 Å². The topological polar surface area (TPSA) is 23.6 Å². The number of benzene rings is 3. The Bertz CT molecular complexity index is 946. The van der Waals surface area contributed by atoms with Crippen molar-refractivity contribution in [1.29, 1.82) is 0 Å². The van der Waals surface area contributed by atoms with Crippen LogP contribution in [0.4, 0.5) is 5.69 Å². The molecule has 0 aromatic heterocycles. The monoisotopic (exact) mass is 396 g/mol. The Morgan fingerprint density at radius 1 is 0.833 bits per heavy atom. The highest BCUT2D eigenvalue weighted by molar-refractivity contribution is 6.04. The van der Waals surface area contributed by atoms with E-state index in [4.69, 9.17) is 0 Å². The Morgan fingerprint density at radius 2 is 1.40 bits per heavy atom. The molecule has 152 valence electrons. The number of anilines is 1. The summed E-state index contributed by atoms with van der Waals surface area (Å²) in [6.45, 7) is 2.97. The van der Waals surface area contributed by atoms with Crippen LogP contribution in [0.3, 0.4) is 0 Å². The van der Waals surface area contributed by atoms with Gasteiger partial charge in [-0.3, -0.25) is 9.69 Å². The lowest BCUT2D eigenvalue weighted by Crippen LogP contribution is -2.47. The van der Waals surface area contributed by atoms with Crippen LogP contribution in [0.25, 0.3) is 6.08 Å². The molecule has 1 saturated heterocycles. The summed E-state index contributed by atoms with van der Waals surface area (Å²) in [4.78, 5) is 17.7. The molecule has 1 aliphatic heterocycles. The summed E-state index contributed by atoms with van der Waals surface area (Å²) < 4.78 is 0. The molecule has 1 amide bonds. The average molecular weight is 397 g/mol. The first kappa shape index (κ1) is 20.1. The molecule has 0 atom stereocenters. The van der Waals surface area contributed by atoms with Crippen molar-refractivity contribution in [1.82, 2.24) is 4.90 Å². The molecule has 30 heavy (non-hydrogen) atoms. The lowest BCUT2D eigenvalue weighted by molar-refractivity contribution is -0.114. The number of carbonyl (C=O) groups excluding carboxylic acids is 1. The zero-order chi connectivity index (χ0) is 20.6. The van der Waals surface area contributed by atoms with Crippen molar-refractivity contribution in [2.75, 3.05) is 18.0 Å². The Kier molecular flexibility index (Phi) is 6.73. The summed E-state index contributed by atoms with van der Waals surface area (Å²) in [7, 11) is 0. The Hall–Kier alpha value is -3.17. The Labute approximate surface area is 179 Å². The van der Waals surface area contributed by atoms with E-state index < -0.39 is 0 Å². The molecule has 0 N–H and O–H groups in total. The van der Waals surface area contributed by atoms with Crippen molar-refractivity contribution in [3.8, 4) is 0 Å². The number of nitrogens with zero attached hydrogens (tertiary/aromatic N) is 2. The second-order valence-corrected chi connectivity index (χ2v) is 7.78. The highest BCUT2D eigenvalue weighted by atomic mass is 16.2. The van der Waals surface area contributed by atoms with Gasteiger partial charge in [0.25, 0.3) is 5.91 Å². The summed E-state index contributed by atoms with van der Waals surface area (Å²) >= 11 is 0. The average Bonchev–Trinajstić information content (AvgIpc) is 2.81. The molecule has 0 radical (unpaired) electrons. The third kappa shape index (κ3) is 5.25. The standard InChI is InChI=1S/C27H28N2O/c30-27(17-16-23-10-4-1-5-11-23)29(25-14-8-3-9-15-25)26-18-20-28(21-19-26)22-24-12-6-2-7-13-24/h1-17,26H,18-22H2/b17-16+. The van der Waals surface area contributed by atoms with Gasteiger partial charge in [0, 0.05) is 37.4 Å². The minimum Gasteiger partial charge on any atom is -0.306 e. The molecular weight excluding hydrogens is 368 g/mol. The van der Waals surface area contributed by atoms with E-state index in [0.29, 0.717) is 0 Å². The van der Waals surface area contributed by atoms with E-state index in [0.717, 1.165) is 43.7 Å². The highest BCUT2D eigenvalue weighted by Crippen LogP contribution is 2.25. The number of piperidine rings is 1. The van der Waals surface area contributed by atoms with Crippen molar-refractivity contribution in [2.24, 2.45) is 0 Å². The molecule has 1 fully saturated rings. The number of hydrogen-bond donors (Lipinski definition) is 0. The zero-order valence-corrected chi connectivity index (χ0v) is 17.2. The number of hydrogen-bond acceptors (Lipinski definition) is 2. The van der Waals surface area contributed by atoms with Gasteiger partial charge in [-0.05, 0) is 42.2 Å². The Morgan fingerprint density at radius 3 is 2.03 bits per heavy atom. The molecular formula is C27H28N2O. The molecule has 0 unspecified atom stereocenters. The number of para-hydroxylation sites is 1. The van der Waals surface area contributed by atoms with Gasteiger partial charge >= 0.3 is 0 Å². The largest absolute Gasteiger partial charge is 0.306 e. The molecule has 0 spiro atoms. The van der Waals surface area contributed by atoms with Crippen LogP contribution >= 0.6 is 0 Å². The normalized spacial score (nSPS) is 15.3. The van der Waals surface area contributed by atoms with Crippen LogP contribution in [0.1, 0.15) is 24.0 Å². The van der Waals surface area contributed by atoms with E-state index in [1.54, 1.807) is 6.08 Å². The van der Waals surface area contributed by atoms with Crippen molar-refractivity contribution < 1.29 is 4.79 Å². The smallest absolute Gasteiger partial charge is 0.251 e. The van der Waals surface area contributed by atoms with Crippen LogP contribution < -0.4 is 4.90 Å². The summed E-state index contributed by atoms with van der Waals surface area (Å²) in [5, 5.41) is 0. The lowest BCUT2D eigenvalue weighted by atomic mass is 10.0. The van der Waals surface area contributed by atoms with Crippen LogP contribution in [-0.2, 0) is 11.3 Å². The van der Waals surface area contributed by atoms with E-state index in [1.165, 1.54) is 5.56 Å². The molecule has 1 aliphatic rings. The predicted molar refractivity (Wildman–Crippen MR) is 124 cm³/mol. The van der Waals surface area contributed by atoms with Gasteiger partial charge in [0.1, 0.15) is 0 Å². The minimum absolute atomic E-state index is 0.0477. The van der Waals surface area contributed by atoms with Crippen LogP contribution in [-0.4, -0.2) is 29.9 Å². The van der Waals surface area contributed by atoms with Crippen molar-refractivity contribution in [3.05, 3.63) is 108 Å². The van der Waals surface area contributed by atoms with Crippen LogP contribution in [0.15, 0.2) is 97.1 Å². The molecule has 3 aromatic carbocycles. The van der Waals surface area contributed by atoms with Gasteiger partial charge < -0.3 is 4.90 Å². The third-order valence-electron chi connectivity index (χ3n) is 5.66. The fraction of sp³-hybridized carbons (Fsp3) is 0.222. The second-order valence-electron chi connectivity index (χ2n) is 7.78. The van der Waals surface area contributed by atoms with Crippen molar-refractivity contribution >= 4 is 17.7 Å². The second kappa shape index (κ2) is 10.0. The maximum Gasteiger partial charge on any atom is 0.251 e. The first-order chi connectivity index (χ1) is 14.8. The third-order valence-corrected chi connectivity index (χ3v) is 5.66. The van der Waals surface area contributed by atoms with Gasteiger partial charge in [0.15, 0.2) is 0 Å². The van der Waals surface area contributed by atoms with Crippen molar-refractivity contribution in [3.63, 3.8) is 0 Å². The van der Waals surface area contributed by atoms with Crippen LogP contribution in [0.5, 0.6) is 0 Å². The van der Waals surface area contributed by atoms with E-state index in [9.17, 15) is 4.79 Å². The van der Waals surface area contributed by atoms with Crippen LogP contribution in [0, 0.1) is 0 Å². The fourth-order valence-electron chi connectivity index (χ4n) is 4.10. The fourth-order valence-corrected chi connectivity index (χ4v) is 4.10. The summed E-state index contributed by atoms with van der Waals surface area (Å²) in [5.74, 6) is 0.0477. The summed E-state index contributed by atoms with van der Waals surface area (Å²) in [6.07, 6.45) is 5.57. The molecule has 0 bridgehead atoms. The molecule has 3 heteroatoms. The maximum absolute atomic E-state index is 13.2. The number of amides is 1.